The molecule has 3 aromatic carbocycles. The van der Waals surface area contributed by atoms with Crippen LogP contribution in [0.15, 0.2) is 65.8 Å². The Morgan fingerprint density at radius 2 is 1.75 bits per heavy atom. The van der Waals surface area contributed by atoms with Gasteiger partial charge in [-0.1, -0.05) is 30.3 Å². The first kappa shape index (κ1) is 22.9. The number of rotatable bonds is 7. The molecule has 0 spiro atoms. The lowest BCUT2D eigenvalue weighted by Gasteiger charge is -2.27. The van der Waals surface area contributed by atoms with E-state index in [4.69, 9.17) is 4.74 Å². The Morgan fingerprint density at radius 3 is 2.53 bits per heavy atom. The number of nitrogens with zero attached hydrogens (tertiary/aromatic N) is 6. The summed E-state index contributed by atoms with van der Waals surface area (Å²) in [5.41, 5.74) is 3.95. The highest BCUT2D eigenvalue weighted by atomic mass is 16.6. The van der Waals surface area contributed by atoms with Crippen LogP contribution in [0.3, 0.4) is 0 Å². The lowest BCUT2D eigenvalue weighted by atomic mass is 10.0. The van der Waals surface area contributed by atoms with Gasteiger partial charge in [0.1, 0.15) is 5.75 Å². The largest absolute Gasteiger partial charge is 0.507 e. The highest BCUT2D eigenvalue weighted by Crippen LogP contribution is 2.26. The van der Waals surface area contributed by atoms with Crippen LogP contribution in [0.4, 0.5) is 29.2 Å². The van der Waals surface area contributed by atoms with Crippen molar-refractivity contribution < 1.29 is 14.8 Å². The maximum Gasteiger partial charge on any atom is 0.269 e. The van der Waals surface area contributed by atoms with Crippen LogP contribution in [0, 0.1) is 10.1 Å². The number of non-ortho nitro benzene ring substituents is 1. The molecule has 5 rings (SSSR count). The van der Waals surface area contributed by atoms with Gasteiger partial charge in [0.2, 0.25) is 17.8 Å². The Bertz CT molecular complexity index is 1420. The van der Waals surface area contributed by atoms with Crippen molar-refractivity contribution in [3.8, 4) is 5.75 Å². The number of aromatic nitrogens is 3. The summed E-state index contributed by atoms with van der Waals surface area (Å²) < 4.78 is 5.42. The summed E-state index contributed by atoms with van der Waals surface area (Å²) in [6.45, 7) is 2.34. The number of nitro groups is 1. The van der Waals surface area contributed by atoms with E-state index in [1.165, 1.54) is 18.3 Å². The molecule has 2 heterocycles. The van der Waals surface area contributed by atoms with E-state index in [-0.39, 0.29) is 23.3 Å². The van der Waals surface area contributed by atoms with Crippen molar-refractivity contribution in [2.75, 3.05) is 41.9 Å². The van der Waals surface area contributed by atoms with Gasteiger partial charge in [0.15, 0.2) is 0 Å². The zero-order chi connectivity index (χ0) is 24.9. The molecule has 0 radical (unpaired) electrons. The second-order valence-corrected chi connectivity index (χ2v) is 7.90. The maximum absolute atomic E-state index is 10.9. The van der Waals surface area contributed by atoms with Crippen LogP contribution in [-0.2, 0) is 4.74 Å². The van der Waals surface area contributed by atoms with Crippen LogP contribution in [0.2, 0.25) is 0 Å². The fourth-order valence-corrected chi connectivity index (χ4v) is 3.75. The fourth-order valence-electron chi connectivity index (χ4n) is 3.75. The van der Waals surface area contributed by atoms with E-state index in [1.807, 2.05) is 35.2 Å². The standard InChI is InChI=1S/C24H22N8O4/c33-21-10-5-16-3-1-2-4-19(16)20(21)15-25-30-23-27-22(26-17-6-8-18(9-7-17)32(34)35)28-24(29-23)31-11-13-36-14-12-31/h1-10,15,33H,11-14H2,(H2,26,27,28,29,30). The summed E-state index contributed by atoms with van der Waals surface area (Å²) in [5, 5.41) is 30.4. The van der Waals surface area contributed by atoms with Gasteiger partial charge in [0, 0.05) is 36.5 Å². The van der Waals surface area contributed by atoms with Crippen molar-refractivity contribution >= 4 is 46.2 Å². The molecule has 1 saturated heterocycles. The highest BCUT2D eigenvalue weighted by Gasteiger charge is 2.17. The number of nitrogens with one attached hydrogen (secondary N) is 2. The van der Waals surface area contributed by atoms with Crippen molar-refractivity contribution in [3.63, 3.8) is 0 Å². The number of fused-ring (bicyclic) bond motifs is 1. The van der Waals surface area contributed by atoms with Gasteiger partial charge in [-0.3, -0.25) is 10.1 Å². The van der Waals surface area contributed by atoms with Gasteiger partial charge in [0.05, 0.1) is 24.4 Å². The molecule has 3 N–H and O–H groups in total. The maximum atomic E-state index is 10.9. The summed E-state index contributed by atoms with van der Waals surface area (Å²) >= 11 is 0. The molecule has 0 saturated carbocycles. The molecule has 1 aromatic heterocycles. The molecule has 36 heavy (non-hydrogen) atoms. The second kappa shape index (κ2) is 10.2. The van der Waals surface area contributed by atoms with Crippen molar-refractivity contribution in [3.05, 3.63) is 76.3 Å². The van der Waals surface area contributed by atoms with E-state index in [9.17, 15) is 15.2 Å². The molecule has 0 bridgehead atoms. The summed E-state index contributed by atoms with van der Waals surface area (Å²) in [4.78, 5) is 25.8. The first-order valence-corrected chi connectivity index (χ1v) is 11.2. The number of phenolic OH excluding ortho intramolecular Hbond substituents is 1. The van der Waals surface area contributed by atoms with E-state index >= 15 is 0 Å². The fraction of sp³-hybridized carbons (Fsp3) is 0.167. The zero-order valence-electron chi connectivity index (χ0n) is 19.0. The molecular weight excluding hydrogens is 464 g/mol. The minimum Gasteiger partial charge on any atom is -0.507 e. The Kier molecular flexibility index (Phi) is 6.49. The molecule has 0 aliphatic carbocycles. The number of benzene rings is 3. The van der Waals surface area contributed by atoms with E-state index < -0.39 is 4.92 Å². The van der Waals surface area contributed by atoms with Crippen LogP contribution in [0.5, 0.6) is 5.75 Å². The molecule has 4 aromatic rings. The Morgan fingerprint density at radius 1 is 1.00 bits per heavy atom. The minimum atomic E-state index is -0.461. The van der Waals surface area contributed by atoms with Gasteiger partial charge in [-0.15, -0.1) is 0 Å². The van der Waals surface area contributed by atoms with Crippen molar-refractivity contribution in [2.24, 2.45) is 5.10 Å². The first-order chi connectivity index (χ1) is 17.6. The number of anilines is 4. The zero-order valence-corrected chi connectivity index (χ0v) is 19.0. The minimum absolute atomic E-state index is 0.0152. The SMILES string of the molecule is O=[N+]([O-])c1ccc(Nc2nc(NN=Cc3c(O)ccc4ccccc34)nc(N3CCOCC3)n2)cc1. The molecule has 0 unspecified atom stereocenters. The molecule has 1 aliphatic heterocycles. The molecule has 1 fully saturated rings. The second-order valence-electron chi connectivity index (χ2n) is 7.90. The summed E-state index contributed by atoms with van der Waals surface area (Å²) in [6, 6.07) is 17.1. The first-order valence-electron chi connectivity index (χ1n) is 11.2. The van der Waals surface area contributed by atoms with Crippen LogP contribution >= 0.6 is 0 Å². The lowest BCUT2D eigenvalue weighted by Crippen LogP contribution is -2.37. The van der Waals surface area contributed by atoms with Crippen LogP contribution in [-0.4, -0.2) is 57.5 Å². The Labute approximate surface area is 205 Å². The normalized spacial score (nSPS) is 13.7. The smallest absolute Gasteiger partial charge is 0.269 e. The molecule has 0 atom stereocenters. The summed E-state index contributed by atoms with van der Waals surface area (Å²) in [5.74, 6) is 0.964. The molecular formula is C24H22N8O4. The van der Waals surface area contributed by atoms with Gasteiger partial charge in [-0.25, -0.2) is 5.43 Å². The van der Waals surface area contributed by atoms with Crippen LogP contribution in [0.25, 0.3) is 10.8 Å². The highest BCUT2D eigenvalue weighted by molar-refractivity contribution is 6.02. The predicted molar refractivity (Wildman–Crippen MR) is 136 cm³/mol. The molecule has 182 valence electrons. The Hall–Kier alpha value is -4.84. The number of phenols is 1. The van der Waals surface area contributed by atoms with E-state index in [0.29, 0.717) is 43.5 Å². The van der Waals surface area contributed by atoms with Gasteiger partial charge >= 0.3 is 0 Å². The molecule has 12 heteroatoms. The number of hydrogen-bond acceptors (Lipinski definition) is 11. The lowest BCUT2D eigenvalue weighted by molar-refractivity contribution is -0.384. The number of aromatic hydroxyl groups is 1. The molecule has 12 nitrogen and oxygen atoms in total. The number of nitro benzene ring substituents is 1. The van der Waals surface area contributed by atoms with Gasteiger partial charge in [-0.05, 0) is 29.0 Å². The predicted octanol–water partition coefficient (Wildman–Crippen LogP) is 3.66. The van der Waals surface area contributed by atoms with Crippen molar-refractivity contribution in [2.45, 2.75) is 0 Å². The number of ether oxygens (including phenoxy) is 1. The van der Waals surface area contributed by atoms with Gasteiger partial charge in [0.25, 0.3) is 5.69 Å². The Balaban J connectivity index is 1.42. The van der Waals surface area contributed by atoms with Gasteiger partial charge < -0.3 is 20.1 Å². The molecule has 0 amide bonds. The van der Waals surface area contributed by atoms with Crippen LogP contribution < -0.4 is 15.6 Å². The molecule has 1 aliphatic rings. The summed E-state index contributed by atoms with van der Waals surface area (Å²) in [6.07, 6.45) is 1.51. The third-order valence-electron chi connectivity index (χ3n) is 5.56. The number of morpholine rings is 1. The number of hydrogen-bond donors (Lipinski definition) is 3. The van der Waals surface area contributed by atoms with E-state index in [2.05, 4.69) is 30.8 Å². The average molecular weight is 486 g/mol. The average Bonchev–Trinajstić information content (AvgIpc) is 2.90. The third kappa shape index (κ3) is 5.13. The van der Waals surface area contributed by atoms with Crippen LogP contribution in [0.1, 0.15) is 5.56 Å². The van der Waals surface area contributed by atoms with E-state index in [0.717, 1.165) is 10.8 Å². The van der Waals surface area contributed by atoms with Crippen molar-refractivity contribution in [1.82, 2.24) is 15.0 Å². The van der Waals surface area contributed by atoms with E-state index in [1.54, 1.807) is 18.2 Å². The third-order valence-corrected chi connectivity index (χ3v) is 5.56. The summed E-state index contributed by atoms with van der Waals surface area (Å²) in [7, 11) is 0. The van der Waals surface area contributed by atoms with Gasteiger partial charge in [-0.2, -0.15) is 20.1 Å². The quantitative estimate of drug-likeness (QED) is 0.200. The monoisotopic (exact) mass is 486 g/mol. The number of hydrazone groups is 1. The van der Waals surface area contributed by atoms with Crippen molar-refractivity contribution in [1.29, 1.82) is 0 Å². The topological polar surface area (TPSA) is 151 Å².